The molecule has 1 aliphatic rings. The Morgan fingerprint density at radius 2 is 1.95 bits per heavy atom. The molecular weight excluding hydrogens is 310 g/mol. The van der Waals surface area contributed by atoms with Crippen LogP contribution in [0, 0.1) is 5.92 Å². The van der Waals surface area contributed by atoms with Crippen LogP contribution in [0.25, 0.3) is 0 Å². The van der Waals surface area contributed by atoms with E-state index in [4.69, 9.17) is 17.3 Å². The molecule has 0 saturated carbocycles. The summed E-state index contributed by atoms with van der Waals surface area (Å²) in [7, 11) is 0.609. The smallest absolute Gasteiger partial charge is 0.243 e. The van der Waals surface area contributed by atoms with Crippen LogP contribution in [0.5, 0.6) is 0 Å². The molecule has 0 bridgehead atoms. The van der Waals surface area contributed by atoms with Crippen LogP contribution in [0.2, 0.25) is 5.02 Å². The molecule has 0 unspecified atom stereocenters. The molecule has 0 spiro atoms. The summed E-state index contributed by atoms with van der Waals surface area (Å²) in [6.45, 7) is 2.12. The Morgan fingerprint density at radius 3 is 2.48 bits per heavy atom. The lowest BCUT2D eigenvalue weighted by atomic mass is 9.98. The maximum absolute atomic E-state index is 12.6. The Hall–Kier alpha value is -0.820. The van der Waals surface area contributed by atoms with Crippen LogP contribution in [0.4, 0.5) is 5.69 Å². The summed E-state index contributed by atoms with van der Waals surface area (Å²) in [4.78, 5) is 2.36. The molecule has 1 aromatic carbocycles. The van der Waals surface area contributed by atoms with Gasteiger partial charge in [0, 0.05) is 19.6 Å². The van der Waals surface area contributed by atoms with E-state index in [0.717, 1.165) is 19.4 Å². The molecule has 0 aliphatic carbocycles. The molecule has 1 saturated heterocycles. The van der Waals surface area contributed by atoms with Gasteiger partial charge in [0.2, 0.25) is 10.0 Å². The molecule has 1 aliphatic heterocycles. The third-order valence-corrected chi connectivity index (χ3v) is 6.03. The lowest BCUT2D eigenvalue weighted by Gasteiger charge is -2.32. The van der Waals surface area contributed by atoms with Crippen LogP contribution in [0.1, 0.15) is 12.8 Å². The molecule has 0 amide bonds. The van der Waals surface area contributed by atoms with E-state index in [0.29, 0.717) is 24.7 Å². The second-order valence-electron chi connectivity index (χ2n) is 5.79. The first kappa shape index (κ1) is 16.5. The molecular formula is C14H22ClN3O2S. The Morgan fingerprint density at radius 1 is 1.33 bits per heavy atom. The number of hydrogen-bond acceptors (Lipinski definition) is 4. The average molecular weight is 332 g/mol. The molecule has 1 fully saturated rings. The highest BCUT2D eigenvalue weighted by Gasteiger charge is 2.29. The van der Waals surface area contributed by atoms with Gasteiger partial charge in [0.25, 0.3) is 0 Å². The Labute approximate surface area is 131 Å². The number of nitrogens with zero attached hydrogens (tertiary/aromatic N) is 2. The maximum atomic E-state index is 12.6. The lowest BCUT2D eigenvalue weighted by Crippen LogP contribution is -2.40. The summed E-state index contributed by atoms with van der Waals surface area (Å²) < 4.78 is 26.7. The van der Waals surface area contributed by atoms with Gasteiger partial charge in [-0.2, -0.15) is 4.31 Å². The maximum Gasteiger partial charge on any atom is 0.243 e. The van der Waals surface area contributed by atoms with Gasteiger partial charge in [-0.15, -0.1) is 0 Å². The summed E-state index contributed by atoms with van der Waals surface area (Å²) >= 11 is 5.93. The molecule has 2 N–H and O–H groups in total. The van der Waals surface area contributed by atoms with Gasteiger partial charge in [-0.1, -0.05) is 11.6 Å². The summed E-state index contributed by atoms with van der Waals surface area (Å²) in [5.74, 6) is 0.557. The Balaban J connectivity index is 2.09. The van der Waals surface area contributed by atoms with Crippen LogP contribution in [0.15, 0.2) is 23.1 Å². The minimum absolute atomic E-state index is 0.216. The normalized spacial score (nSPS) is 18.3. The standard InChI is InChI=1S/C14H22ClN3O2S/c1-17(2)10-11-5-7-18(8-6-11)21(19,20)12-3-4-14(16)13(15)9-12/h3-4,9,11H,5-8,10,16H2,1-2H3. The van der Waals surface area contributed by atoms with Gasteiger partial charge in [0.1, 0.15) is 0 Å². The first-order valence-corrected chi connectivity index (χ1v) is 8.82. The van der Waals surface area contributed by atoms with E-state index in [2.05, 4.69) is 4.90 Å². The molecule has 2 rings (SSSR count). The van der Waals surface area contributed by atoms with Gasteiger partial charge in [0.15, 0.2) is 0 Å². The zero-order valence-corrected chi connectivity index (χ0v) is 14.0. The average Bonchev–Trinajstić information content (AvgIpc) is 2.41. The van der Waals surface area contributed by atoms with Crippen LogP contribution in [0.3, 0.4) is 0 Å². The second kappa shape index (κ2) is 6.52. The second-order valence-corrected chi connectivity index (χ2v) is 8.14. The van der Waals surface area contributed by atoms with Crippen LogP contribution in [-0.4, -0.2) is 51.4 Å². The number of halogens is 1. The van der Waals surface area contributed by atoms with E-state index in [-0.39, 0.29) is 9.92 Å². The molecule has 7 heteroatoms. The van der Waals surface area contributed by atoms with Gasteiger partial charge in [-0.25, -0.2) is 8.42 Å². The van der Waals surface area contributed by atoms with E-state index in [1.165, 1.54) is 18.2 Å². The fraction of sp³-hybridized carbons (Fsp3) is 0.571. The van der Waals surface area contributed by atoms with Gasteiger partial charge >= 0.3 is 0 Å². The zero-order chi connectivity index (χ0) is 15.6. The number of piperidine rings is 1. The SMILES string of the molecule is CN(C)CC1CCN(S(=O)(=O)c2ccc(N)c(Cl)c2)CC1. The monoisotopic (exact) mass is 331 g/mol. The lowest BCUT2D eigenvalue weighted by molar-refractivity contribution is 0.225. The molecule has 0 atom stereocenters. The molecule has 0 aromatic heterocycles. The van der Waals surface area contributed by atoms with E-state index in [9.17, 15) is 8.42 Å². The van der Waals surface area contributed by atoms with Crippen LogP contribution in [-0.2, 0) is 10.0 Å². The van der Waals surface area contributed by atoms with Crippen molar-refractivity contribution in [1.29, 1.82) is 0 Å². The largest absolute Gasteiger partial charge is 0.398 e. The van der Waals surface area contributed by atoms with Gasteiger partial charge in [-0.3, -0.25) is 0 Å². The number of nitrogen functional groups attached to an aromatic ring is 1. The van der Waals surface area contributed by atoms with Gasteiger partial charge < -0.3 is 10.6 Å². The summed E-state index contributed by atoms with van der Waals surface area (Å²) in [6.07, 6.45) is 1.78. The fourth-order valence-electron chi connectivity index (χ4n) is 2.67. The molecule has 118 valence electrons. The van der Waals surface area contributed by atoms with E-state index in [1.54, 1.807) is 4.31 Å². The van der Waals surface area contributed by atoms with Crippen molar-refractivity contribution in [2.24, 2.45) is 5.92 Å². The fourth-order valence-corrected chi connectivity index (χ4v) is 4.41. The third kappa shape index (κ3) is 3.88. The van der Waals surface area contributed by atoms with Crippen molar-refractivity contribution in [1.82, 2.24) is 9.21 Å². The topological polar surface area (TPSA) is 66.6 Å². The molecule has 21 heavy (non-hydrogen) atoms. The molecule has 1 aromatic rings. The minimum Gasteiger partial charge on any atom is -0.398 e. The highest BCUT2D eigenvalue weighted by Crippen LogP contribution is 2.27. The minimum atomic E-state index is -3.47. The Kier molecular flexibility index (Phi) is 5.14. The number of rotatable bonds is 4. The first-order valence-electron chi connectivity index (χ1n) is 7.00. The number of hydrogen-bond donors (Lipinski definition) is 1. The van der Waals surface area contributed by atoms with Crippen molar-refractivity contribution in [3.8, 4) is 0 Å². The van der Waals surface area contributed by atoms with Crippen LogP contribution < -0.4 is 5.73 Å². The summed E-state index contributed by atoms with van der Waals surface area (Å²) in [5.41, 5.74) is 6.02. The number of benzene rings is 1. The Bertz CT molecular complexity index is 596. The summed E-state index contributed by atoms with van der Waals surface area (Å²) in [5, 5.41) is 0.276. The number of anilines is 1. The first-order chi connectivity index (χ1) is 9.80. The van der Waals surface area contributed by atoms with Crippen molar-refractivity contribution in [3.63, 3.8) is 0 Å². The molecule has 1 heterocycles. The van der Waals surface area contributed by atoms with E-state index in [1.807, 2.05) is 14.1 Å². The molecule has 0 radical (unpaired) electrons. The number of sulfonamides is 1. The molecule has 5 nitrogen and oxygen atoms in total. The van der Waals surface area contributed by atoms with E-state index < -0.39 is 10.0 Å². The van der Waals surface area contributed by atoms with Crippen molar-refractivity contribution < 1.29 is 8.42 Å². The quantitative estimate of drug-likeness (QED) is 0.855. The van der Waals surface area contributed by atoms with Crippen LogP contribution >= 0.6 is 11.6 Å². The van der Waals surface area contributed by atoms with Crippen molar-refractivity contribution in [3.05, 3.63) is 23.2 Å². The highest BCUT2D eigenvalue weighted by atomic mass is 35.5. The third-order valence-electron chi connectivity index (χ3n) is 3.81. The van der Waals surface area contributed by atoms with Crippen molar-refractivity contribution >= 4 is 27.3 Å². The number of nitrogens with two attached hydrogens (primary N) is 1. The van der Waals surface area contributed by atoms with Gasteiger partial charge in [-0.05, 0) is 51.1 Å². The van der Waals surface area contributed by atoms with Gasteiger partial charge in [0.05, 0.1) is 15.6 Å². The van der Waals surface area contributed by atoms with Crippen molar-refractivity contribution in [2.75, 3.05) is 39.5 Å². The highest BCUT2D eigenvalue weighted by molar-refractivity contribution is 7.89. The van der Waals surface area contributed by atoms with Crippen molar-refractivity contribution in [2.45, 2.75) is 17.7 Å². The predicted molar refractivity (Wildman–Crippen MR) is 85.9 cm³/mol. The van der Waals surface area contributed by atoms with E-state index >= 15 is 0 Å². The summed E-state index contributed by atoms with van der Waals surface area (Å²) in [6, 6.07) is 4.48. The predicted octanol–water partition coefficient (Wildman–Crippen LogP) is 1.88. The zero-order valence-electron chi connectivity index (χ0n) is 12.4.